The summed E-state index contributed by atoms with van der Waals surface area (Å²) in [6, 6.07) is 3.60. The average Bonchev–Trinajstić information content (AvgIpc) is 2.46. The lowest BCUT2D eigenvalue weighted by Gasteiger charge is -1.86. The van der Waals surface area contributed by atoms with E-state index in [2.05, 4.69) is 15.0 Å². The van der Waals surface area contributed by atoms with E-state index in [1.54, 1.807) is 12.3 Å². The van der Waals surface area contributed by atoms with E-state index in [4.69, 9.17) is 16.9 Å². The van der Waals surface area contributed by atoms with Gasteiger partial charge < -0.3 is 4.98 Å². The Hall–Kier alpha value is -1.60. The van der Waals surface area contributed by atoms with Crippen LogP contribution in [0.3, 0.4) is 0 Å². The summed E-state index contributed by atoms with van der Waals surface area (Å²) in [5, 5.41) is 8.73. The fourth-order valence-corrected chi connectivity index (χ4v) is 1.10. The molecule has 0 radical (unpaired) electrons. The zero-order valence-corrected chi connectivity index (χ0v) is 6.63. The molecule has 0 saturated heterocycles. The second kappa shape index (κ2) is 2.47. The van der Waals surface area contributed by atoms with E-state index in [9.17, 15) is 0 Å². The van der Waals surface area contributed by atoms with Crippen molar-refractivity contribution in [3.05, 3.63) is 23.2 Å². The number of halogens is 1. The number of nitrogens with one attached hydrogen (secondary N) is 1. The molecule has 1 N–H and O–H groups in total. The third-order valence-electron chi connectivity index (χ3n) is 1.46. The molecule has 0 aliphatic heterocycles. The molecule has 0 fully saturated rings. The Bertz CT molecular complexity index is 468. The highest BCUT2D eigenvalue weighted by Gasteiger charge is 2.01. The van der Waals surface area contributed by atoms with E-state index in [1.165, 1.54) is 0 Å². The topological polar surface area (TPSA) is 65.4 Å². The van der Waals surface area contributed by atoms with Gasteiger partial charge in [-0.2, -0.15) is 5.26 Å². The van der Waals surface area contributed by atoms with Crippen molar-refractivity contribution in [3.8, 4) is 6.07 Å². The number of rotatable bonds is 0. The highest BCUT2D eigenvalue weighted by molar-refractivity contribution is 6.28. The molecule has 0 saturated carbocycles. The van der Waals surface area contributed by atoms with E-state index < -0.39 is 0 Å². The van der Waals surface area contributed by atoms with Crippen LogP contribution in [0.2, 0.25) is 5.28 Å². The largest absolute Gasteiger partial charge is 0.344 e. The van der Waals surface area contributed by atoms with Gasteiger partial charge in [0.1, 0.15) is 11.8 Å². The molecule has 4 nitrogen and oxygen atoms in total. The van der Waals surface area contributed by atoms with Gasteiger partial charge in [0, 0.05) is 6.07 Å². The molecule has 0 atom stereocenters. The molecule has 0 amide bonds. The summed E-state index contributed by atoms with van der Waals surface area (Å²) < 4.78 is 0. The number of nitrogens with zero attached hydrogens (tertiary/aromatic N) is 3. The van der Waals surface area contributed by atoms with Gasteiger partial charge in [-0.05, 0) is 11.6 Å². The van der Waals surface area contributed by atoms with Gasteiger partial charge >= 0.3 is 0 Å². The van der Waals surface area contributed by atoms with Crippen LogP contribution >= 0.6 is 11.6 Å². The molecule has 0 aliphatic rings. The van der Waals surface area contributed by atoms with Crippen LogP contribution in [0.25, 0.3) is 11.0 Å². The Morgan fingerprint density at radius 3 is 3.17 bits per heavy atom. The van der Waals surface area contributed by atoms with Crippen molar-refractivity contribution in [1.82, 2.24) is 15.0 Å². The van der Waals surface area contributed by atoms with Crippen molar-refractivity contribution in [3.63, 3.8) is 0 Å². The van der Waals surface area contributed by atoms with Crippen LogP contribution in [0.1, 0.15) is 5.69 Å². The molecule has 0 spiro atoms. The average molecular weight is 179 g/mol. The summed E-state index contributed by atoms with van der Waals surface area (Å²) in [6.45, 7) is 0. The maximum absolute atomic E-state index is 8.55. The van der Waals surface area contributed by atoms with Crippen molar-refractivity contribution in [1.29, 1.82) is 5.26 Å². The first-order valence-corrected chi connectivity index (χ1v) is 3.59. The molecule has 0 unspecified atom stereocenters. The third-order valence-corrected chi connectivity index (χ3v) is 1.64. The minimum Gasteiger partial charge on any atom is -0.344 e. The van der Waals surface area contributed by atoms with Crippen molar-refractivity contribution < 1.29 is 0 Å². The van der Waals surface area contributed by atoms with E-state index in [0.29, 0.717) is 11.2 Å². The summed E-state index contributed by atoms with van der Waals surface area (Å²) in [4.78, 5) is 10.5. The summed E-state index contributed by atoms with van der Waals surface area (Å²) >= 11 is 5.55. The lowest BCUT2D eigenvalue weighted by molar-refractivity contribution is 1.22. The Morgan fingerprint density at radius 1 is 1.58 bits per heavy atom. The predicted molar refractivity (Wildman–Crippen MR) is 43.6 cm³/mol. The van der Waals surface area contributed by atoms with Gasteiger partial charge in [0.2, 0.25) is 5.28 Å². The molecule has 2 aromatic heterocycles. The van der Waals surface area contributed by atoms with Gasteiger partial charge in [-0.1, -0.05) is 0 Å². The van der Waals surface area contributed by atoms with Gasteiger partial charge in [0.15, 0.2) is 0 Å². The first-order chi connectivity index (χ1) is 5.79. The lowest BCUT2D eigenvalue weighted by Crippen LogP contribution is -1.79. The van der Waals surface area contributed by atoms with Gasteiger partial charge in [0.25, 0.3) is 0 Å². The maximum atomic E-state index is 8.55. The summed E-state index contributed by atoms with van der Waals surface area (Å²) in [5.41, 5.74) is 1.84. The predicted octanol–water partition coefficient (Wildman–Crippen LogP) is 1.48. The number of fused-ring (bicyclic) bond motifs is 1. The van der Waals surface area contributed by atoms with Crippen LogP contribution in [0.5, 0.6) is 0 Å². The van der Waals surface area contributed by atoms with Crippen molar-refractivity contribution in [2.75, 3.05) is 0 Å². The highest BCUT2D eigenvalue weighted by atomic mass is 35.5. The first kappa shape index (κ1) is 7.07. The first-order valence-electron chi connectivity index (χ1n) is 3.21. The second-order valence-corrected chi connectivity index (χ2v) is 2.57. The zero-order chi connectivity index (χ0) is 8.55. The molecule has 58 valence electrons. The van der Waals surface area contributed by atoms with Crippen LogP contribution in [0.15, 0.2) is 12.3 Å². The molecule has 2 rings (SSSR count). The highest BCUT2D eigenvalue weighted by Crippen LogP contribution is 2.12. The Kier molecular flexibility index (Phi) is 1.45. The summed E-state index contributed by atoms with van der Waals surface area (Å²) in [5.74, 6) is 0. The third kappa shape index (κ3) is 1.00. The van der Waals surface area contributed by atoms with Crippen molar-refractivity contribution in [2.24, 2.45) is 0 Å². The standard InChI is InChI=1S/C7H3ClN4/c8-7-10-3-6-5(12-7)1-4(2-9)11-6/h1,3,11H. The van der Waals surface area contributed by atoms with Crippen molar-refractivity contribution in [2.45, 2.75) is 0 Å². The van der Waals surface area contributed by atoms with Crippen LogP contribution in [-0.4, -0.2) is 15.0 Å². The summed E-state index contributed by atoms with van der Waals surface area (Å²) in [6.07, 6.45) is 1.55. The van der Waals surface area contributed by atoms with Gasteiger partial charge in [-0.15, -0.1) is 0 Å². The van der Waals surface area contributed by atoms with Gasteiger partial charge in [0.05, 0.1) is 17.2 Å². The maximum Gasteiger partial charge on any atom is 0.223 e. The van der Waals surface area contributed by atoms with E-state index in [0.717, 1.165) is 5.52 Å². The number of H-pyrrole nitrogens is 1. The molecular formula is C7H3ClN4. The van der Waals surface area contributed by atoms with Gasteiger partial charge in [-0.3, -0.25) is 0 Å². The molecule has 5 heteroatoms. The SMILES string of the molecule is N#Cc1cc2nc(Cl)ncc2[nH]1. The molecular weight excluding hydrogens is 176 g/mol. The Morgan fingerprint density at radius 2 is 2.42 bits per heavy atom. The second-order valence-electron chi connectivity index (χ2n) is 2.23. The van der Waals surface area contributed by atoms with Gasteiger partial charge in [-0.25, -0.2) is 9.97 Å². The molecule has 2 aromatic rings. The molecule has 0 bridgehead atoms. The molecule has 2 heterocycles. The normalized spacial score (nSPS) is 10.0. The fourth-order valence-electron chi connectivity index (χ4n) is 0.957. The lowest BCUT2D eigenvalue weighted by atomic mass is 10.4. The monoisotopic (exact) mass is 178 g/mol. The fraction of sp³-hybridized carbons (Fsp3) is 0. The quantitative estimate of drug-likeness (QED) is 0.622. The van der Waals surface area contributed by atoms with E-state index >= 15 is 0 Å². The number of hydrogen-bond donors (Lipinski definition) is 1. The Balaban J connectivity index is 2.77. The molecule has 0 aliphatic carbocycles. The molecule has 12 heavy (non-hydrogen) atoms. The zero-order valence-electron chi connectivity index (χ0n) is 5.87. The minimum atomic E-state index is 0.186. The number of aromatic nitrogens is 3. The van der Waals surface area contributed by atoms with E-state index in [-0.39, 0.29) is 5.28 Å². The minimum absolute atomic E-state index is 0.186. The van der Waals surface area contributed by atoms with E-state index in [1.807, 2.05) is 6.07 Å². The smallest absolute Gasteiger partial charge is 0.223 e. The van der Waals surface area contributed by atoms with Crippen LogP contribution in [0, 0.1) is 11.3 Å². The van der Waals surface area contributed by atoms with Crippen LogP contribution in [-0.2, 0) is 0 Å². The van der Waals surface area contributed by atoms with Crippen molar-refractivity contribution >= 4 is 22.6 Å². The van der Waals surface area contributed by atoms with Crippen LogP contribution in [0.4, 0.5) is 0 Å². The number of nitriles is 1. The number of aromatic amines is 1. The molecule has 0 aromatic carbocycles. The number of hydrogen-bond acceptors (Lipinski definition) is 3. The summed E-state index contributed by atoms with van der Waals surface area (Å²) in [7, 11) is 0. The van der Waals surface area contributed by atoms with Crippen LogP contribution < -0.4 is 0 Å². The Labute approximate surface area is 72.8 Å².